The number of H-pyrrole nitrogens is 1. The Balaban J connectivity index is 1.84. The van der Waals surface area contributed by atoms with Crippen molar-refractivity contribution in [3.63, 3.8) is 0 Å². The van der Waals surface area contributed by atoms with E-state index >= 15 is 0 Å². The number of rotatable bonds is 8. The summed E-state index contributed by atoms with van der Waals surface area (Å²) < 4.78 is 5.22. The Morgan fingerprint density at radius 2 is 1.71 bits per heavy atom. The molecule has 6 N–H and O–H groups in total. The van der Waals surface area contributed by atoms with Crippen LogP contribution in [0.15, 0.2) is 65.7 Å². The van der Waals surface area contributed by atoms with Gasteiger partial charge in [-0.2, -0.15) is 0 Å². The molecule has 158 valence electrons. The fourth-order valence-electron chi connectivity index (χ4n) is 2.81. The summed E-state index contributed by atoms with van der Waals surface area (Å²) in [7, 11) is 1.49. The molecule has 0 aliphatic heterocycles. The van der Waals surface area contributed by atoms with Crippen LogP contribution in [0.25, 0.3) is 0 Å². The Labute approximate surface area is 183 Å². The number of hydrogen-bond donors (Lipinski definition) is 3. The van der Waals surface area contributed by atoms with Gasteiger partial charge in [-0.15, -0.1) is 0 Å². The molecule has 0 saturated carbocycles. The third-order valence-corrected chi connectivity index (χ3v) is 5.40. The number of hydrogen-bond acceptors (Lipinski definition) is 6. The van der Waals surface area contributed by atoms with Gasteiger partial charge in [-0.3, -0.25) is 20.1 Å². The maximum Gasteiger partial charge on any atom is 0.284 e. The highest BCUT2D eigenvalue weighted by Gasteiger charge is 2.24. The van der Waals surface area contributed by atoms with Crippen LogP contribution in [0.2, 0.25) is 0 Å². The fraction of sp³-hybridized carbons (Fsp3) is 0.0909. The molecule has 1 heterocycles. The summed E-state index contributed by atoms with van der Waals surface area (Å²) in [5.41, 5.74) is 12.6. The lowest BCUT2D eigenvalue weighted by Crippen LogP contribution is -2.27. The Morgan fingerprint density at radius 1 is 1.03 bits per heavy atom. The summed E-state index contributed by atoms with van der Waals surface area (Å²) in [5, 5.41) is 3.01. The SMILES string of the molecule is COc1ccccc1NC(=O)c1cc(C(N)=O)c(SCC(=O)c2ccccc2)[nH+]c1N. The van der Waals surface area contributed by atoms with Crippen LogP contribution in [0.5, 0.6) is 5.75 Å². The Hall–Kier alpha value is -3.85. The van der Waals surface area contributed by atoms with Crippen molar-refractivity contribution in [2.24, 2.45) is 5.73 Å². The van der Waals surface area contributed by atoms with Crippen molar-refractivity contribution in [3.8, 4) is 5.75 Å². The number of amides is 2. The average molecular weight is 438 g/mol. The molecule has 0 fully saturated rings. The molecule has 3 aromatic rings. The number of pyridine rings is 1. The number of methoxy groups -OCH3 is 1. The molecule has 3 rings (SSSR count). The molecule has 0 radical (unpaired) electrons. The van der Waals surface area contributed by atoms with Crippen LogP contribution >= 0.6 is 11.8 Å². The maximum absolute atomic E-state index is 12.8. The second kappa shape index (κ2) is 9.77. The van der Waals surface area contributed by atoms with E-state index in [1.54, 1.807) is 48.5 Å². The number of nitrogen functional groups attached to an aromatic ring is 1. The molecule has 0 atom stereocenters. The quantitative estimate of drug-likeness (QED) is 0.365. The largest absolute Gasteiger partial charge is 0.495 e. The van der Waals surface area contributed by atoms with E-state index in [0.29, 0.717) is 22.0 Å². The lowest BCUT2D eigenvalue weighted by molar-refractivity contribution is -0.410. The van der Waals surface area contributed by atoms with Gasteiger partial charge in [0.15, 0.2) is 10.8 Å². The molecule has 0 bridgehead atoms. The molecule has 31 heavy (non-hydrogen) atoms. The smallest absolute Gasteiger partial charge is 0.284 e. The van der Waals surface area contributed by atoms with Gasteiger partial charge in [0.2, 0.25) is 0 Å². The Morgan fingerprint density at radius 3 is 2.39 bits per heavy atom. The van der Waals surface area contributed by atoms with Crippen molar-refractivity contribution in [1.82, 2.24) is 0 Å². The predicted molar refractivity (Wildman–Crippen MR) is 118 cm³/mol. The highest BCUT2D eigenvalue weighted by atomic mass is 32.2. The van der Waals surface area contributed by atoms with Crippen LogP contribution in [0.4, 0.5) is 11.5 Å². The molecule has 0 spiro atoms. The third kappa shape index (κ3) is 5.20. The van der Waals surface area contributed by atoms with Gasteiger partial charge in [0.05, 0.1) is 24.1 Å². The van der Waals surface area contributed by atoms with Gasteiger partial charge in [0.1, 0.15) is 11.3 Å². The minimum Gasteiger partial charge on any atom is -0.495 e. The summed E-state index contributed by atoms with van der Waals surface area (Å²) in [6.45, 7) is 0. The first-order chi connectivity index (χ1) is 14.9. The number of para-hydroxylation sites is 2. The number of Topliss-reactive ketones (excluding diaryl/α,β-unsaturated/α-hetero) is 1. The molecular weight excluding hydrogens is 416 g/mol. The first-order valence-corrected chi connectivity index (χ1v) is 10.2. The number of ether oxygens (including phenoxy) is 1. The summed E-state index contributed by atoms with van der Waals surface area (Å²) >= 11 is 1.09. The van der Waals surface area contributed by atoms with Gasteiger partial charge < -0.3 is 15.8 Å². The van der Waals surface area contributed by atoms with E-state index in [0.717, 1.165) is 11.8 Å². The van der Waals surface area contributed by atoms with E-state index in [1.165, 1.54) is 13.2 Å². The summed E-state index contributed by atoms with van der Waals surface area (Å²) in [5.74, 6) is -0.847. The third-order valence-electron chi connectivity index (χ3n) is 4.38. The van der Waals surface area contributed by atoms with Gasteiger partial charge in [-0.1, -0.05) is 54.2 Å². The molecule has 9 heteroatoms. The van der Waals surface area contributed by atoms with Crippen molar-refractivity contribution in [2.75, 3.05) is 23.9 Å². The fourth-order valence-corrected chi connectivity index (χ4v) is 3.75. The number of benzene rings is 2. The van der Waals surface area contributed by atoms with Gasteiger partial charge in [0.25, 0.3) is 17.6 Å². The molecule has 2 aromatic carbocycles. The van der Waals surface area contributed by atoms with Crippen molar-refractivity contribution < 1.29 is 24.1 Å². The second-order valence-corrected chi connectivity index (χ2v) is 7.42. The lowest BCUT2D eigenvalue weighted by atomic mass is 10.1. The summed E-state index contributed by atoms with van der Waals surface area (Å²) in [4.78, 5) is 39.9. The molecule has 2 amide bonds. The molecular formula is C22H21N4O4S+. The Kier molecular flexibility index (Phi) is 6.88. The van der Waals surface area contributed by atoms with Crippen molar-refractivity contribution in [2.45, 2.75) is 5.03 Å². The van der Waals surface area contributed by atoms with E-state index in [4.69, 9.17) is 16.2 Å². The van der Waals surface area contributed by atoms with Crippen LogP contribution in [-0.2, 0) is 0 Å². The zero-order valence-corrected chi connectivity index (χ0v) is 17.5. The molecule has 0 saturated heterocycles. The molecule has 1 aromatic heterocycles. The van der Waals surface area contributed by atoms with E-state index in [2.05, 4.69) is 10.3 Å². The lowest BCUT2D eigenvalue weighted by Gasteiger charge is -2.11. The normalized spacial score (nSPS) is 10.4. The number of carbonyl (C=O) groups excluding carboxylic acids is 3. The van der Waals surface area contributed by atoms with E-state index in [-0.39, 0.29) is 28.5 Å². The van der Waals surface area contributed by atoms with Crippen molar-refractivity contribution in [1.29, 1.82) is 0 Å². The van der Waals surface area contributed by atoms with E-state index in [9.17, 15) is 14.4 Å². The number of aromatic nitrogens is 1. The second-order valence-electron chi connectivity index (χ2n) is 6.44. The number of ketones is 1. The van der Waals surface area contributed by atoms with Crippen molar-refractivity contribution in [3.05, 3.63) is 77.4 Å². The number of thioether (sulfide) groups is 1. The van der Waals surface area contributed by atoms with Gasteiger partial charge in [-0.25, -0.2) is 4.98 Å². The molecule has 0 aliphatic carbocycles. The maximum atomic E-state index is 12.8. The molecule has 0 unspecified atom stereocenters. The van der Waals surface area contributed by atoms with Crippen LogP contribution in [0, 0.1) is 0 Å². The predicted octanol–water partition coefficient (Wildman–Crippen LogP) is 2.42. The van der Waals surface area contributed by atoms with Crippen molar-refractivity contribution >= 4 is 40.9 Å². The first kappa shape index (κ1) is 21.8. The number of aromatic amines is 1. The number of nitrogens with one attached hydrogen (secondary N) is 2. The standard InChI is InChI=1S/C22H20N4O4S/c1-30-18-10-6-5-9-16(18)25-21(29)14-11-15(20(24)28)22(26-19(14)23)31-12-17(27)13-7-3-2-4-8-13/h2-11H,12H2,1H3,(H2,23,26)(H2,24,28)(H,25,29)/p+1. The van der Waals surface area contributed by atoms with Crippen LogP contribution in [-0.4, -0.2) is 30.5 Å². The Bertz CT molecular complexity index is 1140. The van der Waals surface area contributed by atoms with Crippen LogP contribution in [0.3, 0.4) is 0 Å². The first-order valence-electron chi connectivity index (χ1n) is 9.21. The minimum absolute atomic E-state index is 0.0343. The molecule has 8 nitrogen and oxygen atoms in total. The number of nitrogens with two attached hydrogens (primary N) is 2. The zero-order valence-electron chi connectivity index (χ0n) is 16.7. The van der Waals surface area contributed by atoms with E-state index in [1.807, 2.05) is 6.07 Å². The minimum atomic E-state index is -0.753. The number of carbonyl (C=O) groups is 3. The van der Waals surface area contributed by atoms with Crippen LogP contribution < -0.4 is 26.5 Å². The highest BCUT2D eigenvalue weighted by Crippen LogP contribution is 2.26. The number of primary amides is 1. The zero-order chi connectivity index (χ0) is 22.4. The average Bonchev–Trinajstić information content (AvgIpc) is 2.78. The number of anilines is 2. The summed E-state index contributed by atoms with van der Waals surface area (Å²) in [6.07, 6.45) is 0. The topological polar surface area (TPSA) is 139 Å². The van der Waals surface area contributed by atoms with E-state index < -0.39 is 11.8 Å². The monoisotopic (exact) mass is 437 g/mol. The summed E-state index contributed by atoms with van der Waals surface area (Å²) in [6, 6.07) is 17.0. The van der Waals surface area contributed by atoms with Gasteiger partial charge in [-0.05, 0) is 18.2 Å². The van der Waals surface area contributed by atoms with Gasteiger partial charge >= 0.3 is 0 Å². The highest BCUT2D eigenvalue weighted by molar-refractivity contribution is 7.99. The molecule has 0 aliphatic rings. The van der Waals surface area contributed by atoms with Crippen LogP contribution in [0.1, 0.15) is 31.1 Å². The van der Waals surface area contributed by atoms with Gasteiger partial charge in [0, 0.05) is 5.56 Å².